The lowest BCUT2D eigenvalue weighted by molar-refractivity contribution is 0.670. The first-order valence-corrected chi connectivity index (χ1v) is 21.2. The third-order valence-corrected chi connectivity index (χ3v) is 13.5. The number of para-hydroxylation sites is 3. The van der Waals surface area contributed by atoms with Gasteiger partial charge >= 0.3 is 0 Å². The van der Waals surface area contributed by atoms with Crippen molar-refractivity contribution in [1.82, 2.24) is 14.5 Å². The second-order valence-electron chi connectivity index (χ2n) is 16.8. The number of nitrogens with zero attached hydrogens (tertiary/aromatic N) is 3. The van der Waals surface area contributed by atoms with Crippen LogP contribution in [0.3, 0.4) is 0 Å². The minimum absolute atomic E-state index is 0.583. The Labute approximate surface area is 350 Å². The molecule has 4 heteroatoms. The average Bonchev–Trinajstić information content (AvgIpc) is 3.94. The average molecular weight is 778 g/mol. The largest absolute Gasteiger partial charge is 0.455 e. The molecule has 12 aromatic rings. The van der Waals surface area contributed by atoms with Gasteiger partial charge in [0.15, 0.2) is 0 Å². The predicted octanol–water partition coefficient (Wildman–Crippen LogP) is 15.1. The number of furan rings is 1. The van der Waals surface area contributed by atoms with Gasteiger partial charge in [0.25, 0.3) is 0 Å². The van der Waals surface area contributed by atoms with E-state index in [0.29, 0.717) is 17.8 Å². The van der Waals surface area contributed by atoms with Gasteiger partial charge in [-0.1, -0.05) is 158 Å². The summed E-state index contributed by atoms with van der Waals surface area (Å²) < 4.78 is 9.20. The number of allylic oxidation sites excluding steroid dienone is 1. The number of rotatable bonds is 4. The summed E-state index contributed by atoms with van der Waals surface area (Å²) in [5, 5.41) is 10.4. The molecule has 0 aliphatic heterocycles. The smallest absolute Gasteiger partial charge is 0.235 e. The van der Waals surface area contributed by atoms with Gasteiger partial charge in [-0.2, -0.15) is 0 Å². The highest BCUT2D eigenvalue weighted by atomic mass is 16.3. The molecule has 1 saturated carbocycles. The van der Waals surface area contributed by atoms with Crippen LogP contribution in [0.5, 0.6) is 0 Å². The van der Waals surface area contributed by atoms with Gasteiger partial charge in [-0.25, -0.2) is 9.97 Å². The Morgan fingerprint density at radius 1 is 0.525 bits per heavy atom. The van der Waals surface area contributed by atoms with Gasteiger partial charge in [-0.3, -0.25) is 4.57 Å². The quantitative estimate of drug-likeness (QED) is 0.179. The van der Waals surface area contributed by atoms with Crippen molar-refractivity contribution in [2.24, 2.45) is 5.92 Å². The van der Waals surface area contributed by atoms with Crippen molar-refractivity contribution in [3.8, 4) is 39.5 Å². The molecule has 4 nitrogen and oxygen atoms in total. The van der Waals surface area contributed by atoms with E-state index in [4.69, 9.17) is 14.4 Å². The van der Waals surface area contributed by atoms with Crippen molar-refractivity contribution in [3.05, 3.63) is 193 Å². The molecule has 284 valence electrons. The molecule has 0 bridgehead atoms. The third kappa shape index (κ3) is 4.82. The molecule has 3 aromatic heterocycles. The molecule has 2 aliphatic carbocycles. The van der Waals surface area contributed by atoms with E-state index in [2.05, 4.69) is 193 Å². The van der Waals surface area contributed by atoms with Crippen LogP contribution in [0.2, 0.25) is 0 Å². The van der Waals surface area contributed by atoms with Crippen molar-refractivity contribution in [1.29, 1.82) is 0 Å². The molecule has 0 spiro atoms. The lowest BCUT2D eigenvalue weighted by atomic mass is 9.93. The zero-order chi connectivity index (χ0) is 39.8. The Kier molecular flexibility index (Phi) is 6.70. The topological polar surface area (TPSA) is 43.9 Å². The van der Waals surface area contributed by atoms with E-state index in [-0.39, 0.29) is 0 Å². The number of hydrogen-bond donors (Lipinski definition) is 0. The van der Waals surface area contributed by atoms with Gasteiger partial charge in [0.05, 0.1) is 22.2 Å². The Morgan fingerprint density at radius 2 is 1.23 bits per heavy atom. The van der Waals surface area contributed by atoms with Gasteiger partial charge in [0.2, 0.25) is 5.95 Å². The lowest BCUT2D eigenvalue weighted by Gasteiger charge is -2.15. The minimum atomic E-state index is 0.583. The fourth-order valence-corrected chi connectivity index (χ4v) is 10.5. The van der Waals surface area contributed by atoms with E-state index in [1.807, 2.05) is 0 Å². The molecule has 0 saturated heterocycles. The van der Waals surface area contributed by atoms with Crippen LogP contribution < -0.4 is 0 Å². The summed E-state index contributed by atoms with van der Waals surface area (Å²) in [4.78, 5) is 11.0. The van der Waals surface area contributed by atoms with E-state index < -0.39 is 0 Å². The standard InChI is InChI=1S/C57H35N3O/c1-3-14-39-33(11-1)13-9-18-40(39)34-23-25-35(26-24-34)54-44-17-5-7-21-50(44)58-57(59-54)60-51-31-38-28-27-37-29-46(37)47(38)32-48(51)43-19-10-20-45(55(43)60)53-41-15-4-2-12-36(41)30-49-42-16-6-8-22-52(42)61-56(49)53/h1-28,30-32,37,46H,29H2. The molecule has 0 radical (unpaired) electrons. The fraction of sp³-hybridized carbons (Fsp3) is 0.0526. The number of fused-ring (bicyclic) bond motifs is 12. The van der Waals surface area contributed by atoms with E-state index in [9.17, 15) is 0 Å². The Bertz CT molecular complexity index is 3860. The van der Waals surface area contributed by atoms with Crippen LogP contribution in [0.25, 0.3) is 122 Å². The van der Waals surface area contributed by atoms with Crippen molar-refractivity contribution in [3.63, 3.8) is 0 Å². The fourth-order valence-electron chi connectivity index (χ4n) is 10.5. The van der Waals surface area contributed by atoms with E-state index in [1.165, 1.54) is 55.6 Å². The molecule has 14 rings (SSSR count). The summed E-state index contributed by atoms with van der Waals surface area (Å²) in [5.41, 5.74) is 14.1. The molecular formula is C57H35N3O. The molecule has 1 fully saturated rings. The summed E-state index contributed by atoms with van der Waals surface area (Å²) in [6.07, 6.45) is 5.95. The first kappa shape index (κ1) is 33.1. The summed E-state index contributed by atoms with van der Waals surface area (Å²) in [7, 11) is 0. The molecule has 61 heavy (non-hydrogen) atoms. The number of hydrogen-bond acceptors (Lipinski definition) is 3. The maximum absolute atomic E-state index is 6.87. The van der Waals surface area contributed by atoms with Crippen LogP contribution in [-0.2, 0) is 0 Å². The van der Waals surface area contributed by atoms with Gasteiger partial charge in [0.1, 0.15) is 11.2 Å². The zero-order valence-electron chi connectivity index (χ0n) is 33.0. The second kappa shape index (κ2) is 12.4. The van der Waals surface area contributed by atoms with Crippen LogP contribution >= 0.6 is 0 Å². The van der Waals surface area contributed by atoms with E-state index in [0.717, 1.165) is 71.6 Å². The molecule has 3 heterocycles. The Morgan fingerprint density at radius 3 is 2.13 bits per heavy atom. The summed E-state index contributed by atoms with van der Waals surface area (Å²) in [5.74, 6) is 1.87. The molecular weight excluding hydrogens is 743 g/mol. The highest BCUT2D eigenvalue weighted by molar-refractivity contribution is 6.23. The first-order chi connectivity index (χ1) is 30.2. The van der Waals surface area contributed by atoms with Gasteiger partial charge in [-0.05, 0) is 92.4 Å². The SMILES string of the molecule is C1=CC2CC2c2cc3c4cccc(-c5c6ccccc6cc6c5oc5ccccc56)c4n(-c4nc(-c5ccc(-c6cccc7ccccc67)cc5)c5ccccc5n4)c3cc21. The molecule has 2 aliphatic rings. The zero-order valence-corrected chi connectivity index (χ0v) is 33.0. The third-order valence-electron chi connectivity index (χ3n) is 13.5. The van der Waals surface area contributed by atoms with Crippen LogP contribution in [0, 0.1) is 5.92 Å². The molecule has 2 unspecified atom stereocenters. The highest BCUT2D eigenvalue weighted by Crippen LogP contribution is 2.54. The number of aromatic nitrogens is 3. The number of benzene rings is 9. The van der Waals surface area contributed by atoms with Gasteiger partial charge in [0, 0.05) is 43.6 Å². The monoisotopic (exact) mass is 777 g/mol. The molecule has 0 amide bonds. The first-order valence-electron chi connectivity index (χ1n) is 21.2. The van der Waals surface area contributed by atoms with Gasteiger partial charge in [-0.15, -0.1) is 0 Å². The lowest BCUT2D eigenvalue weighted by Crippen LogP contribution is -2.05. The van der Waals surface area contributed by atoms with Crippen molar-refractivity contribution < 1.29 is 4.42 Å². The maximum Gasteiger partial charge on any atom is 0.235 e. The van der Waals surface area contributed by atoms with Crippen LogP contribution in [0.15, 0.2) is 186 Å². The van der Waals surface area contributed by atoms with Crippen LogP contribution in [0.1, 0.15) is 23.5 Å². The minimum Gasteiger partial charge on any atom is -0.455 e. The molecule has 9 aromatic carbocycles. The van der Waals surface area contributed by atoms with Crippen molar-refractivity contribution in [2.45, 2.75) is 12.3 Å². The summed E-state index contributed by atoms with van der Waals surface area (Å²) in [6, 6.07) is 63.4. The maximum atomic E-state index is 6.87. The Hall–Kier alpha value is -7.82. The normalized spacial score (nSPS) is 15.7. The van der Waals surface area contributed by atoms with Crippen molar-refractivity contribution >= 4 is 82.3 Å². The van der Waals surface area contributed by atoms with Crippen LogP contribution in [-0.4, -0.2) is 14.5 Å². The highest BCUT2D eigenvalue weighted by Gasteiger charge is 2.40. The molecule has 0 N–H and O–H groups in total. The van der Waals surface area contributed by atoms with E-state index >= 15 is 0 Å². The van der Waals surface area contributed by atoms with Crippen molar-refractivity contribution in [2.75, 3.05) is 0 Å². The second-order valence-corrected chi connectivity index (χ2v) is 16.8. The Balaban J connectivity index is 1.07. The molecule has 2 atom stereocenters. The summed E-state index contributed by atoms with van der Waals surface area (Å²) >= 11 is 0. The van der Waals surface area contributed by atoms with Gasteiger partial charge < -0.3 is 4.42 Å². The van der Waals surface area contributed by atoms with Crippen LogP contribution in [0.4, 0.5) is 0 Å². The van der Waals surface area contributed by atoms with E-state index in [1.54, 1.807) is 0 Å². The summed E-state index contributed by atoms with van der Waals surface area (Å²) in [6.45, 7) is 0. The predicted molar refractivity (Wildman–Crippen MR) is 252 cm³/mol.